The van der Waals surface area contributed by atoms with E-state index in [0.29, 0.717) is 12.4 Å². The molecule has 0 bridgehead atoms. The number of likely N-dealkylation sites (tertiary alicyclic amines) is 1. The molecule has 168 valence electrons. The van der Waals surface area contributed by atoms with E-state index in [2.05, 4.69) is 46.4 Å². The minimum Gasteiger partial charge on any atom is -0.366 e. The average Bonchev–Trinajstić information content (AvgIpc) is 3.23. The van der Waals surface area contributed by atoms with Crippen molar-refractivity contribution in [2.45, 2.75) is 38.5 Å². The predicted octanol–water partition coefficient (Wildman–Crippen LogP) is 3.70. The van der Waals surface area contributed by atoms with E-state index in [1.165, 1.54) is 5.56 Å². The number of anilines is 1. The molecular formula is C25H35N3O3. The van der Waals surface area contributed by atoms with E-state index in [4.69, 9.17) is 9.47 Å². The molecule has 2 atom stereocenters. The van der Waals surface area contributed by atoms with Crippen molar-refractivity contribution in [3.8, 4) is 0 Å². The highest BCUT2D eigenvalue weighted by molar-refractivity contribution is 5.94. The number of carbonyl (C=O) groups excluding carboxylic acids is 1. The second-order valence-electron chi connectivity index (χ2n) is 8.46. The lowest BCUT2D eigenvalue weighted by molar-refractivity contribution is -0.0671. The summed E-state index contributed by atoms with van der Waals surface area (Å²) in [5.74, 6) is -0.0389. The van der Waals surface area contributed by atoms with Crippen molar-refractivity contribution in [3.05, 3.63) is 65.7 Å². The maximum Gasteiger partial charge on any atom is 0.251 e. The molecule has 1 aliphatic heterocycles. The Bertz CT molecular complexity index is 811. The second kappa shape index (κ2) is 11.3. The Labute approximate surface area is 186 Å². The SMILES string of the molecule is COCO[C@H]1CCN(C[C@H](c2ccccc2)N(C)c2ccc(C(=O)NC(C)C)cc2)C1. The van der Waals surface area contributed by atoms with E-state index in [9.17, 15) is 4.79 Å². The lowest BCUT2D eigenvalue weighted by Crippen LogP contribution is -2.36. The average molecular weight is 426 g/mol. The van der Waals surface area contributed by atoms with Crippen LogP contribution in [-0.4, -0.2) is 63.5 Å². The Hall–Kier alpha value is -2.41. The van der Waals surface area contributed by atoms with Crippen molar-refractivity contribution in [2.75, 3.05) is 45.5 Å². The first-order valence-corrected chi connectivity index (χ1v) is 11.0. The Morgan fingerprint density at radius 2 is 1.87 bits per heavy atom. The van der Waals surface area contributed by atoms with Gasteiger partial charge >= 0.3 is 0 Å². The van der Waals surface area contributed by atoms with Crippen LogP contribution in [0, 0.1) is 0 Å². The number of methoxy groups -OCH3 is 1. The first-order chi connectivity index (χ1) is 15.0. The van der Waals surface area contributed by atoms with Gasteiger partial charge in [0.05, 0.1) is 12.1 Å². The summed E-state index contributed by atoms with van der Waals surface area (Å²) in [5.41, 5.74) is 3.04. The van der Waals surface area contributed by atoms with Crippen LogP contribution < -0.4 is 10.2 Å². The molecule has 0 spiro atoms. The van der Waals surface area contributed by atoms with E-state index in [1.54, 1.807) is 7.11 Å². The highest BCUT2D eigenvalue weighted by Gasteiger charge is 2.27. The standard InChI is InChI=1S/C25H35N3O3/c1-19(2)26-25(29)21-10-12-22(13-11-21)27(3)24(20-8-6-5-7-9-20)17-28-15-14-23(16-28)31-18-30-4/h5-13,19,23-24H,14-18H2,1-4H3,(H,26,29)/t23-,24+/m0/s1. The van der Waals surface area contributed by atoms with Gasteiger partial charge in [0.2, 0.25) is 0 Å². The molecule has 1 fully saturated rings. The molecule has 1 aliphatic rings. The van der Waals surface area contributed by atoms with Crippen molar-refractivity contribution in [2.24, 2.45) is 0 Å². The normalized spacial score (nSPS) is 17.6. The third-order valence-electron chi connectivity index (χ3n) is 5.69. The van der Waals surface area contributed by atoms with Gasteiger partial charge in [-0.05, 0) is 50.1 Å². The fraction of sp³-hybridized carbons (Fsp3) is 0.480. The van der Waals surface area contributed by atoms with Crippen molar-refractivity contribution in [1.29, 1.82) is 0 Å². The molecule has 1 amide bonds. The van der Waals surface area contributed by atoms with E-state index >= 15 is 0 Å². The Kier molecular flexibility index (Phi) is 8.46. The largest absolute Gasteiger partial charge is 0.366 e. The molecule has 0 aromatic heterocycles. The van der Waals surface area contributed by atoms with E-state index in [0.717, 1.165) is 31.7 Å². The number of carbonyl (C=O) groups is 1. The quantitative estimate of drug-likeness (QED) is 0.589. The number of rotatable bonds is 10. The van der Waals surface area contributed by atoms with Gasteiger partial charge in [-0.1, -0.05) is 30.3 Å². The van der Waals surface area contributed by atoms with Gasteiger partial charge in [0.25, 0.3) is 5.91 Å². The van der Waals surface area contributed by atoms with Gasteiger partial charge in [-0.2, -0.15) is 0 Å². The van der Waals surface area contributed by atoms with Crippen molar-refractivity contribution < 1.29 is 14.3 Å². The molecule has 0 saturated carbocycles. The van der Waals surface area contributed by atoms with Crippen LogP contribution in [0.4, 0.5) is 5.69 Å². The predicted molar refractivity (Wildman–Crippen MR) is 124 cm³/mol. The Balaban J connectivity index is 1.73. The maximum atomic E-state index is 12.3. The van der Waals surface area contributed by atoms with Gasteiger partial charge in [-0.25, -0.2) is 0 Å². The summed E-state index contributed by atoms with van der Waals surface area (Å²) in [7, 11) is 3.78. The lowest BCUT2D eigenvalue weighted by atomic mass is 10.0. The van der Waals surface area contributed by atoms with Gasteiger partial charge in [0.1, 0.15) is 6.79 Å². The number of likely N-dealkylation sites (N-methyl/N-ethyl adjacent to an activating group) is 1. The molecule has 1 N–H and O–H groups in total. The summed E-state index contributed by atoms with van der Waals surface area (Å²) in [4.78, 5) is 17.0. The molecule has 1 heterocycles. The molecule has 6 nitrogen and oxygen atoms in total. The van der Waals surface area contributed by atoms with Crippen LogP contribution >= 0.6 is 0 Å². The van der Waals surface area contributed by atoms with Crippen LogP contribution in [0.15, 0.2) is 54.6 Å². The summed E-state index contributed by atoms with van der Waals surface area (Å²) in [6.07, 6.45) is 1.24. The van der Waals surface area contributed by atoms with Gasteiger partial charge < -0.3 is 19.7 Å². The number of ether oxygens (including phenoxy) is 2. The number of nitrogens with zero attached hydrogens (tertiary/aromatic N) is 2. The minimum atomic E-state index is -0.0389. The molecule has 0 unspecified atom stereocenters. The summed E-state index contributed by atoms with van der Waals surface area (Å²) >= 11 is 0. The first kappa shape index (κ1) is 23.3. The minimum absolute atomic E-state index is 0.0389. The van der Waals surface area contributed by atoms with Gasteiger partial charge in [0.15, 0.2) is 0 Å². The fourth-order valence-corrected chi connectivity index (χ4v) is 4.01. The number of nitrogens with one attached hydrogen (secondary N) is 1. The van der Waals surface area contributed by atoms with Crippen molar-refractivity contribution in [3.63, 3.8) is 0 Å². The number of amides is 1. The Morgan fingerprint density at radius 3 is 2.52 bits per heavy atom. The van der Waals surface area contributed by atoms with Gasteiger partial charge in [-0.15, -0.1) is 0 Å². The van der Waals surface area contributed by atoms with Crippen LogP contribution in [0.2, 0.25) is 0 Å². The molecule has 2 aromatic rings. The van der Waals surface area contributed by atoms with Crippen LogP contribution in [0.1, 0.15) is 42.2 Å². The molecule has 2 aromatic carbocycles. The highest BCUT2D eigenvalue weighted by Crippen LogP contribution is 2.28. The monoisotopic (exact) mass is 425 g/mol. The summed E-state index contributed by atoms with van der Waals surface area (Å²) in [5, 5.41) is 2.94. The topological polar surface area (TPSA) is 54.0 Å². The maximum absolute atomic E-state index is 12.3. The van der Waals surface area contributed by atoms with E-state index in [1.807, 2.05) is 44.2 Å². The third kappa shape index (κ3) is 6.53. The smallest absolute Gasteiger partial charge is 0.251 e. The first-order valence-electron chi connectivity index (χ1n) is 11.0. The zero-order chi connectivity index (χ0) is 22.2. The number of hydrogen-bond acceptors (Lipinski definition) is 5. The third-order valence-corrected chi connectivity index (χ3v) is 5.69. The molecule has 31 heavy (non-hydrogen) atoms. The second-order valence-corrected chi connectivity index (χ2v) is 8.46. The summed E-state index contributed by atoms with van der Waals surface area (Å²) < 4.78 is 10.8. The van der Waals surface area contributed by atoms with Crippen LogP contribution in [-0.2, 0) is 9.47 Å². The zero-order valence-electron chi connectivity index (χ0n) is 19.1. The molecule has 3 rings (SSSR count). The fourth-order valence-electron chi connectivity index (χ4n) is 4.01. The molecular weight excluding hydrogens is 390 g/mol. The summed E-state index contributed by atoms with van der Waals surface area (Å²) in [6, 6.07) is 18.8. The molecule has 0 aliphatic carbocycles. The molecule has 0 radical (unpaired) electrons. The molecule has 1 saturated heterocycles. The van der Waals surface area contributed by atoms with E-state index in [-0.39, 0.29) is 24.1 Å². The van der Waals surface area contributed by atoms with Crippen LogP contribution in [0.25, 0.3) is 0 Å². The number of benzene rings is 2. The Morgan fingerprint density at radius 1 is 1.16 bits per heavy atom. The van der Waals surface area contributed by atoms with Crippen LogP contribution in [0.5, 0.6) is 0 Å². The van der Waals surface area contributed by atoms with Gasteiger partial charge in [-0.3, -0.25) is 9.69 Å². The van der Waals surface area contributed by atoms with Crippen molar-refractivity contribution >= 4 is 11.6 Å². The van der Waals surface area contributed by atoms with Crippen molar-refractivity contribution in [1.82, 2.24) is 10.2 Å². The zero-order valence-corrected chi connectivity index (χ0v) is 19.1. The number of hydrogen-bond donors (Lipinski definition) is 1. The summed E-state index contributed by atoms with van der Waals surface area (Å²) in [6.45, 7) is 7.11. The highest BCUT2D eigenvalue weighted by atomic mass is 16.7. The van der Waals surface area contributed by atoms with Crippen LogP contribution in [0.3, 0.4) is 0 Å². The lowest BCUT2D eigenvalue weighted by Gasteiger charge is -2.34. The van der Waals surface area contributed by atoms with E-state index < -0.39 is 0 Å². The molecule has 6 heteroatoms. The van der Waals surface area contributed by atoms with Gasteiger partial charge in [0, 0.05) is 51.1 Å².